The van der Waals surface area contributed by atoms with Crippen LogP contribution in [-0.4, -0.2) is 21.0 Å². The molecule has 0 amide bonds. The number of pyridine rings is 1. The minimum Gasteiger partial charge on any atom is -0.481 e. The van der Waals surface area contributed by atoms with E-state index in [9.17, 15) is 4.79 Å². The van der Waals surface area contributed by atoms with E-state index >= 15 is 0 Å². The highest BCUT2D eigenvalue weighted by Crippen LogP contribution is 2.10. The summed E-state index contributed by atoms with van der Waals surface area (Å²) < 4.78 is 0. The molecule has 0 atom stereocenters. The van der Waals surface area contributed by atoms with Crippen molar-refractivity contribution in [2.45, 2.75) is 19.5 Å². The van der Waals surface area contributed by atoms with Crippen molar-refractivity contribution in [3.05, 3.63) is 46.2 Å². The Bertz CT molecular complexity index is 513. The van der Waals surface area contributed by atoms with Crippen molar-refractivity contribution in [2.75, 3.05) is 0 Å². The molecule has 0 unspecified atom stereocenters. The summed E-state index contributed by atoms with van der Waals surface area (Å²) in [6.45, 7) is 1.36. The smallest absolute Gasteiger partial charge is 0.309 e. The number of thiazole rings is 1. The molecule has 0 spiro atoms. The SMILES string of the molecule is O=C(O)Cc1csc(CNCc2cccnc2)n1. The Labute approximate surface area is 109 Å². The van der Waals surface area contributed by atoms with Crippen LogP contribution in [0.1, 0.15) is 16.3 Å². The number of carboxylic acids is 1. The van der Waals surface area contributed by atoms with Crippen LogP contribution >= 0.6 is 11.3 Å². The lowest BCUT2D eigenvalue weighted by Crippen LogP contribution is -2.12. The van der Waals surface area contributed by atoms with Gasteiger partial charge in [-0.1, -0.05) is 6.07 Å². The van der Waals surface area contributed by atoms with E-state index in [1.165, 1.54) is 11.3 Å². The third kappa shape index (κ3) is 3.90. The van der Waals surface area contributed by atoms with Crippen molar-refractivity contribution in [3.63, 3.8) is 0 Å². The van der Waals surface area contributed by atoms with Crippen molar-refractivity contribution < 1.29 is 9.90 Å². The molecule has 0 radical (unpaired) electrons. The fourth-order valence-electron chi connectivity index (χ4n) is 1.48. The van der Waals surface area contributed by atoms with Gasteiger partial charge in [0.05, 0.1) is 12.1 Å². The van der Waals surface area contributed by atoms with Crippen LogP contribution in [0, 0.1) is 0 Å². The van der Waals surface area contributed by atoms with Crippen molar-refractivity contribution >= 4 is 17.3 Å². The molecule has 0 aliphatic heterocycles. The summed E-state index contributed by atoms with van der Waals surface area (Å²) in [6, 6.07) is 3.89. The third-order valence-corrected chi connectivity index (χ3v) is 3.16. The van der Waals surface area contributed by atoms with Crippen LogP contribution in [0.2, 0.25) is 0 Å². The molecule has 6 heteroatoms. The lowest BCUT2D eigenvalue weighted by molar-refractivity contribution is -0.136. The lowest BCUT2D eigenvalue weighted by atomic mass is 10.3. The summed E-state index contributed by atoms with van der Waals surface area (Å²) >= 11 is 1.47. The molecule has 18 heavy (non-hydrogen) atoms. The van der Waals surface area contributed by atoms with Crippen molar-refractivity contribution in [1.29, 1.82) is 0 Å². The molecule has 0 fully saturated rings. The summed E-state index contributed by atoms with van der Waals surface area (Å²) in [5.74, 6) is -0.852. The molecular weight excluding hydrogens is 250 g/mol. The quantitative estimate of drug-likeness (QED) is 0.825. The monoisotopic (exact) mass is 263 g/mol. The minimum absolute atomic E-state index is 0.0148. The standard InChI is InChI=1S/C12H13N3O2S/c16-12(17)4-10-8-18-11(15-10)7-14-6-9-2-1-3-13-5-9/h1-3,5,8,14H,4,6-7H2,(H,16,17). The zero-order valence-electron chi connectivity index (χ0n) is 9.67. The zero-order valence-corrected chi connectivity index (χ0v) is 10.5. The van der Waals surface area contributed by atoms with Gasteiger partial charge in [0.1, 0.15) is 5.01 Å². The average Bonchev–Trinajstić information content (AvgIpc) is 2.77. The first-order chi connectivity index (χ1) is 8.74. The molecule has 2 heterocycles. The van der Waals surface area contributed by atoms with Crippen LogP contribution in [0.15, 0.2) is 29.9 Å². The fourth-order valence-corrected chi connectivity index (χ4v) is 2.25. The van der Waals surface area contributed by atoms with Gasteiger partial charge in [-0.05, 0) is 11.6 Å². The first-order valence-corrected chi connectivity index (χ1v) is 6.36. The molecule has 0 aromatic carbocycles. The predicted molar refractivity (Wildman–Crippen MR) is 68.2 cm³/mol. The summed E-state index contributed by atoms with van der Waals surface area (Å²) in [6.07, 6.45) is 3.53. The van der Waals surface area contributed by atoms with Gasteiger partial charge in [-0.3, -0.25) is 9.78 Å². The van der Waals surface area contributed by atoms with Crippen LogP contribution in [-0.2, 0) is 24.3 Å². The maximum Gasteiger partial charge on any atom is 0.309 e. The second-order valence-electron chi connectivity index (χ2n) is 3.77. The van der Waals surface area contributed by atoms with Gasteiger partial charge in [-0.25, -0.2) is 4.98 Å². The second-order valence-corrected chi connectivity index (χ2v) is 4.71. The number of rotatable bonds is 6. The molecule has 2 aromatic heterocycles. The number of nitrogens with zero attached hydrogens (tertiary/aromatic N) is 2. The molecule has 94 valence electrons. The molecule has 0 saturated heterocycles. The first-order valence-electron chi connectivity index (χ1n) is 5.49. The predicted octanol–water partition coefficient (Wildman–Crippen LogP) is 1.46. The highest BCUT2D eigenvalue weighted by Gasteiger charge is 2.05. The van der Waals surface area contributed by atoms with Crippen molar-refractivity contribution in [3.8, 4) is 0 Å². The van der Waals surface area contributed by atoms with E-state index in [4.69, 9.17) is 5.11 Å². The molecule has 5 nitrogen and oxygen atoms in total. The minimum atomic E-state index is -0.852. The van der Waals surface area contributed by atoms with Crippen LogP contribution < -0.4 is 5.32 Å². The molecule has 0 aliphatic rings. The Kier molecular flexibility index (Phi) is 4.38. The topological polar surface area (TPSA) is 75.1 Å². The van der Waals surface area contributed by atoms with Gasteiger partial charge in [0.25, 0.3) is 0 Å². The number of hydrogen-bond acceptors (Lipinski definition) is 5. The Hall–Kier alpha value is -1.79. The van der Waals surface area contributed by atoms with Gasteiger partial charge < -0.3 is 10.4 Å². The third-order valence-electron chi connectivity index (χ3n) is 2.26. The molecule has 2 aromatic rings. The number of hydrogen-bond donors (Lipinski definition) is 2. The Morgan fingerprint density at radius 2 is 2.33 bits per heavy atom. The van der Waals surface area contributed by atoms with E-state index < -0.39 is 5.97 Å². The van der Waals surface area contributed by atoms with E-state index in [2.05, 4.69) is 15.3 Å². The highest BCUT2D eigenvalue weighted by atomic mass is 32.1. The number of aromatic nitrogens is 2. The Morgan fingerprint density at radius 1 is 1.44 bits per heavy atom. The largest absolute Gasteiger partial charge is 0.481 e. The van der Waals surface area contributed by atoms with Crippen LogP contribution in [0.5, 0.6) is 0 Å². The van der Waals surface area contributed by atoms with Gasteiger partial charge in [0, 0.05) is 30.9 Å². The van der Waals surface area contributed by atoms with E-state index in [1.807, 2.05) is 18.3 Å². The van der Waals surface area contributed by atoms with Crippen molar-refractivity contribution in [2.24, 2.45) is 0 Å². The summed E-state index contributed by atoms with van der Waals surface area (Å²) in [5, 5.41) is 14.6. The molecular formula is C12H13N3O2S. The lowest BCUT2D eigenvalue weighted by Gasteiger charge is -2.01. The zero-order chi connectivity index (χ0) is 12.8. The van der Waals surface area contributed by atoms with E-state index in [0.29, 0.717) is 12.2 Å². The maximum atomic E-state index is 10.5. The normalized spacial score (nSPS) is 10.4. The van der Waals surface area contributed by atoms with Gasteiger partial charge in [0.2, 0.25) is 0 Å². The number of aliphatic carboxylic acids is 1. The van der Waals surface area contributed by atoms with Gasteiger partial charge in [-0.2, -0.15) is 0 Å². The Morgan fingerprint density at radius 3 is 3.06 bits per heavy atom. The summed E-state index contributed by atoms with van der Waals surface area (Å²) in [4.78, 5) is 18.8. The van der Waals surface area contributed by atoms with E-state index in [-0.39, 0.29) is 6.42 Å². The highest BCUT2D eigenvalue weighted by molar-refractivity contribution is 7.09. The number of carbonyl (C=O) groups is 1. The van der Waals surface area contributed by atoms with E-state index in [0.717, 1.165) is 17.1 Å². The fraction of sp³-hybridized carbons (Fsp3) is 0.250. The van der Waals surface area contributed by atoms with Crippen molar-refractivity contribution in [1.82, 2.24) is 15.3 Å². The summed E-state index contributed by atoms with van der Waals surface area (Å²) in [7, 11) is 0. The van der Waals surface area contributed by atoms with Crippen LogP contribution in [0.4, 0.5) is 0 Å². The molecule has 0 saturated carbocycles. The molecule has 0 aliphatic carbocycles. The first kappa shape index (κ1) is 12.7. The van der Waals surface area contributed by atoms with Crippen LogP contribution in [0.3, 0.4) is 0 Å². The van der Waals surface area contributed by atoms with Crippen LogP contribution in [0.25, 0.3) is 0 Å². The van der Waals surface area contributed by atoms with Gasteiger partial charge >= 0.3 is 5.97 Å². The molecule has 2 N–H and O–H groups in total. The molecule has 0 bridgehead atoms. The van der Waals surface area contributed by atoms with Gasteiger partial charge in [0.15, 0.2) is 0 Å². The second kappa shape index (κ2) is 6.23. The summed E-state index contributed by atoms with van der Waals surface area (Å²) in [5.41, 5.74) is 1.73. The molecule has 2 rings (SSSR count). The van der Waals surface area contributed by atoms with Gasteiger partial charge in [-0.15, -0.1) is 11.3 Å². The maximum absolute atomic E-state index is 10.5. The average molecular weight is 263 g/mol. The Balaban J connectivity index is 1.80. The van der Waals surface area contributed by atoms with E-state index in [1.54, 1.807) is 11.6 Å². The number of carboxylic acid groups (broad SMARTS) is 1. The number of nitrogens with one attached hydrogen (secondary N) is 1.